The van der Waals surface area contributed by atoms with Crippen molar-refractivity contribution in [2.75, 3.05) is 33.8 Å². The van der Waals surface area contributed by atoms with E-state index in [2.05, 4.69) is 52.6 Å². The largest absolute Gasteiger partial charge is 0.497 e. The van der Waals surface area contributed by atoms with Gasteiger partial charge >= 0.3 is 0 Å². The highest BCUT2D eigenvalue weighted by atomic mass is 127. The fourth-order valence-electron chi connectivity index (χ4n) is 3.62. The molecule has 0 aliphatic heterocycles. The second-order valence-corrected chi connectivity index (χ2v) is 6.59. The maximum atomic E-state index is 5.41. The minimum Gasteiger partial charge on any atom is -0.497 e. The van der Waals surface area contributed by atoms with Crippen molar-refractivity contribution in [2.24, 2.45) is 4.99 Å². The summed E-state index contributed by atoms with van der Waals surface area (Å²) >= 11 is 0. The molecule has 1 saturated carbocycles. The number of guanidine groups is 1. The van der Waals surface area contributed by atoms with Gasteiger partial charge < -0.3 is 15.4 Å². The van der Waals surface area contributed by atoms with Crippen LogP contribution in [0.2, 0.25) is 0 Å². The molecule has 0 radical (unpaired) electrons. The molecule has 0 spiro atoms. The molecule has 0 saturated heterocycles. The number of nitrogens with one attached hydrogen (secondary N) is 2. The molecule has 2 N–H and O–H groups in total. The number of likely N-dealkylation sites (N-methyl/N-ethyl adjacent to an activating group) is 1. The molecule has 26 heavy (non-hydrogen) atoms. The number of nitrogens with zero attached hydrogens (tertiary/aromatic N) is 2. The van der Waals surface area contributed by atoms with Gasteiger partial charge in [-0.25, -0.2) is 0 Å². The van der Waals surface area contributed by atoms with E-state index in [0.717, 1.165) is 31.3 Å². The van der Waals surface area contributed by atoms with E-state index < -0.39 is 0 Å². The summed E-state index contributed by atoms with van der Waals surface area (Å²) in [5.74, 6) is 1.81. The highest BCUT2D eigenvalue weighted by molar-refractivity contribution is 14.0. The highest BCUT2D eigenvalue weighted by Crippen LogP contribution is 2.24. The lowest BCUT2D eigenvalue weighted by Gasteiger charge is -2.31. The maximum Gasteiger partial charge on any atom is 0.191 e. The van der Waals surface area contributed by atoms with E-state index in [1.165, 1.54) is 31.2 Å². The van der Waals surface area contributed by atoms with Gasteiger partial charge in [-0.15, -0.1) is 24.0 Å². The number of hydrogen-bond donors (Lipinski definition) is 2. The number of methoxy groups -OCH3 is 1. The van der Waals surface area contributed by atoms with Gasteiger partial charge in [0, 0.05) is 19.6 Å². The first kappa shape index (κ1) is 23.0. The van der Waals surface area contributed by atoms with Gasteiger partial charge in [-0.3, -0.25) is 9.89 Å². The lowest BCUT2D eigenvalue weighted by atomic mass is 10.0. The Morgan fingerprint density at radius 3 is 2.54 bits per heavy atom. The van der Waals surface area contributed by atoms with E-state index in [4.69, 9.17) is 4.74 Å². The topological polar surface area (TPSA) is 48.9 Å². The summed E-state index contributed by atoms with van der Waals surface area (Å²) < 4.78 is 5.41. The van der Waals surface area contributed by atoms with Crippen LogP contribution in [0.5, 0.6) is 5.75 Å². The Labute approximate surface area is 176 Å². The van der Waals surface area contributed by atoms with Crippen molar-refractivity contribution in [3.63, 3.8) is 0 Å². The minimum absolute atomic E-state index is 0. The first-order valence-corrected chi connectivity index (χ1v) is 9.57. The van der Waals surface area contributed by atoms with Gasteiger partial charge in [0.15, 0.2) is 5.96 Å². The lowest BCUT2D eigenvalue weighted by molar-refractivity contribution is 0.218. The molecule has 1 aliphatic rings. The Balaban J connectivity index is 0.00000338. The summed E-state index contributed by atoms with van der Waals surface area (Å²) in [6.45, 7) is 7.26. The average molecular weight is 474 g/mol. The summed E-state index contributed by atoms with van der Waals surface area (Å²) in [7, 11) is 3.57. The van der Waals surface area contributed by atoms with E-state index in [-0.39, 0.29) is 30.0 Å². The van der Waals surface area contributed by atoms with Gasteiger partial charge in [-0.05, 0) is 43.6 Å². The predicted octanol–water partition coefficient (Wildman–Crippen LogP) is 3.80. The van der Waals surface area contributed by atoms with Gasteiger partial charge in [0.1, 0.15) is 5.75 Å². The monoisotopic (exact) mass is 474 g/mol. The van der Waals surface area contributed by atoms with Gasteiger partial charge in [0.2, 0.25) is 0 Å². The Morgan fingerprint density at radius 2 is 1.96 bits per heavy atom. The fraction of sp³-hybridized carbons (Fsp3) is 0.650. The molecule has 1 fully saturated rings. The molecule has 0 amide bonds. The standard InChI is InChI=1S/C20H34N4O.HI/c1-5-24(6-2)19(16-10-9-13-18(14-16)25-4)15-22-20(21-3)23-17-11-7-8-12-17;/h9-10,13-14,17,19H,5-8,11-12,15H2,1-4H3,(H2,21,22,23);1H. The molecular weight excluding hydrogens is 439 g/mol. The normalized spacial score (nSPS) is 16.3. The van der Waals surface area contributed by atoms with Crippen LogP contribution >= 0.6 is 24.0 Å². The summed E-state index contributed by atoms with van der Waals surface area (Å²) in [5.41, 5.74) is 1.27. The van der Waals surface area contributed by atoms with Crippen molar-refractivity contribution in [3.05, 3.63) is 29.8 Å². The number of aliphatic imine (C=N–C) groups is 1. The van der Waals surface area contributed by atoms with E-state index in [9.17, 15) is 0 Å². The zero-order chi connectivity index (χ0) is 18.1. The Bertz CT molecular complexity index is 542. The van der Waals surface area contributed by atoms with Gasteiger partial charge in [-0.1, -0.05) is 38.8 Å². The van der Waals surface area contributed by atoms with Crippen molar-refractivity contribution in [2.45, 2.75) is 51.6 Å². The molecule has 6 heteroatoms. The quantitative estimate of drug-likeness (QED) is 0.342. The molecule has 1 unspecified atom stereocenters. The number of halogens is 1. The third kappa shape index (κ3) is 6.61. The van der Waals surface area contributed by atoms with Crippen molar-refractivity contribution in [1.82, 2.24) is 15.5 Å². The molecule has 1 aromatic rings. The minimum atomic E-state index is 0. The molecule has 0 bridgehead atoms. The maximum absolute atomic E-state index is 5.41. The Hall–Kier alpha value is -1.02. The molecule has 0 heterocycles. The third-order valence-electron chi connectivity index (χ3n) is 5.11. The molecule has 1 aliphatic carbocycles. The smallest absolute Gasteiger partial charge is 0.191 e. The van der Waals surface area contributed by atoms with Crippen LogP contribution in [0.1, 0.15) is 51.1 Å². The molecular formula is C20H35IN4O. The first-order valence-electron chi connectivity index (χ1n) is 9.57. The van der Waals surface area contributed by atoms with Crippen LogP contribution in [-0.2, 0) is 0 Å². The summed E-state index contributed by atoms with van der Waals surface area (Å²) in [6, 6.07) is 9.23. The molecule has 0 aromatic heterocycles. The average Bonchev–Trinajstić information content (AvgIpc) is 3.17. The zero-order valence-corrected chi connectivity index (χ0v) is 19.0. The van der Waals surface area contributed by atoms with Crippen molar-refractivity contribution >= 4 is 29.9 Å². The van der Waals surface area contributed by atoms with E-state index >= 15 is 0 Å². The Morgan fingerprint density at radius 1 is 1.27 bits per heavy atom. The van der Waals surface area contributed by atoms with Crippen LogP contribution < -0.4 is 15.4 Å². The van der Waals surface area contributed by atoms with E-state index in [1.54, 1.807) is 7.11 Å². The van der Waals surface area contributed by atoms with E-state index in [1.807, 2.05) is 13.1 Å². The predicted molar refractivity (Wildman–Crippen MR) is 121 cm³/mol. The molecule has 2 rings (SSSR count). The third-order valence-corrected chi connectivity index (χ3v) is 5.11. The van der Waals surface area contributed by atoms with Gasteiger partial charge in [0.05, 0.1) is 13.2 Å². The van der Waals surface area contributed by atoms with Crippen molar-refractivity contribution in [1.29, 1.82) is 0 Å². The number of rotatable bonds is 8. The van der Waals surface area contributed by atoms with E-state index in [0.29, 0.717) is 6.04 Å². The SMILES string of the molecule is CCN(CC)C(CNC(=NC)NC1CCCC1)c1cccc(OC)c1.I. The van der Waals surface area contributed by atoms with Crippen LogP contribution in [0.4, 0.5) is 0 Å². The number of benzene rings is 1. The molecule has 1 atom stereocenters. The van der Waals surface area contributed by atoms with Crippen LogP contribution in [0, 0.1) is 0 Å². The summed E-state index contributed by atoms with van der Waals surface area (Å²) in [6.07, 6.45) is 5.13. The van der Waals surface area contributed by atoms with Crippen LogP contribution in [-0.4, -0.2) is 50.7 Å². The zero-order valence-electron chi connectivity index (χ0n) is 16.6. The second kappa shape index (κ2) is 12.4. The molecule has 148 valence electrons. The van der Waals surface area contributed by atoms with Crippen molar-refractivity contribution in [3.8, 4) is 5.75 Å². The fourth-order valence-corrected chi connectivity index (χ4v) is 3.62. The number of ether oxygens (including phenoxy) is 1. The van der Waals surface area contributed by atoms with Crippen LogP contribution in [0.15, 0.2) is 29.3 Å². The highest BCUT2D eigenvalue weighted by Gasteiger charge is 2.20. The van der Waals surface area contributed by atoms with Crippen LogP contribution in [0.3, 0.4) is 0 Å². The first-order chi connectivity index (χ1) is 12.2. The molecule has 1 aromatic carbocycles. The lowest BCUT2D eigenvalue weighted by Crippen LogP contribution is -2.46. The van der Waals surface area contributed by atoms with Gasteiger partial charge in [0.25, 0.3) is 0 Å². The van der Waals surface area contributed by atoms with Crippen molar-refractivity contribution < 1.29 is 4.74 Å². The number of hydrogen-bond acceptors (Lipinski definition) is 3. The second-order valence-electron chi connectivity index (χ2n) is 6.59. The molecule has 5 nitrogen and oxygen atoms in total. The summed E-state index contributed by atoms with van der Waals surface area (Å²) in [5, 5.41) is 7.10. The summed E-state index contributed by atoms with van der Waals surface area (Å²) in [4.78, 5) is 6.88. The van der Waals surface area contributed by atoms with Crippen LogP contribution in [0.25, 0.3) is 0 Å². The Kier molecular flexibility index (Phi) is 11.0. The van der Waals surface area contributed by atoms with Gasteiger partial charge in [-0.2, -0.15) is 0 Å².